The average molecular weight is 408 g/mol. The van der Waals surface area contributed by atoms with Crippen molar-refractivity contribution in [1.82, 2.24) is 4.90 Å². The summed E-state index contributed by atoms with van der Waals surface area (Å²) in [5.74, 6) is 0. The average Bonchev–Trinajstić information content (AvgIpc) is 2.49. The molecule has 0 amide bonds. The lowest BCUT2D eigenvalue weighted by atomic mass is 10.1. The van der Waals surface area contributed by atoms with Gasteiger partial charge in [-0.3, -0.25) is 15.0 Å². The molecule has 0 saturated carbocycles. The first-order valence-electron chi connectivity index (χ1n) is 6.89. The molecule has 0 aliphatic heterocycles. The Kier molecular flexibility index (Phi) is 6.09. The van der Waals surface area contributed by atoms with E-state index in [1.54, 1.807) is 18.2 Å². The third-order valence-electron chi connectivity index (χ3n) is 3.23. The van der Waals surface area contributed by atoms with Crippen molar-refractivity contribution in [2.75, 3.05) is 13.6 Å². The number of para-hydroxylation sites is 1. The Hall–Kier alpha value is -1.73. The highest BCUT2D eigenvalue weighted by Gasteiger charge is 2.13. The fourth-order valence-corrected chi connectivity index (χ4v) is 2.48. The molecule has 0 saturated heterocycles. The predicted molar refractivity (Wildman–Crippen MR) is 97.6 cm³/mol. The van der Waals surface area contributed by atoms with E-state index in [2.05, 4.69) is 59.0 Å². The van der Waals surface area contributed by atoms with Gasteiger partial charge in [-0.15, -0.1) is 0 Å². The second kappa shape index (κ2) is 8.05. The van der Waals surface area contributed by atoms with Crippen molar-refractivity contribution < 1.29 is 4.92 Å². The Bertz CT molecular complexity index is 669. The van der Waals surface area contributed by atoms with Crippen molar-refractivity contribution in [2.45, 2.75) is 6.54 Å². The molecule has 0 spiro atoms. The van der Waals surface area contributed by atoms with Crippen molar-refractivity contribution in [1.29, 1.82) is 0 Å². The maximum atomic E-state index is 11.0. The standard InChI is InChI=1S/C17H17IN2O2/c1-19(12-4-5-14-8-10-16(18)11-9-14)13-15-6-2-3-7-17(15)20(21)22/h2-11H,12-13H2,1H3/b5-4+. The number of benzene rings is 2. The lowest BCUT2D eigenvalue weighted by molar-refractivity contribution is -0.385. The van der Waals surface area contributed by atoms with E-state index in [0.717, 1.165) is 17.7 Å². The number of halogens is 1. The molecule has 114 valence electrons. The number of nitrogens with zero attached hydrogens (tertiary/aromatic N) is 2. The van der Waals surface area contributed by atoms with Crippen LogP contribution >= 0.6 is 22.6 Å². The molecule has 0 radical (unpaired) electrons. The lowest BCUT2D eigenvalue weighted by Gasteiger charge is -2.14. The van der Waals surface area contributed by atoms with Crippen LogP contribution in [0.15, 0.2) is 54.6 Å². The smallest absolute Gasteiger partial charge is 0.273 e. The van der Waals surface area contributed by atoms with Crippen LogP contribution < -0.4 is 0 Å². The van der Waals surface area contributed by atoms with Crippen molar-refractivity contribution >= 4 is 34.4 Å². The first-order chi connectivity index (χ1) is 10.6. The maximum absolute atomic E-state index is 11.0. The van der Waals surface area contributed by atoms with E-state index in [1.807, 2.05) is 18.0 Å². The van der Waals surface area contributed by atoms with E-state index in [4.69, 9.17) is 0 Å². The summed E-state index contributed by atoms with van der Waals surface area (Å²) in [5, 5.41) is 11.0. The van der Waals surface area contributed by atoms with Crippen LogP contribution in [-0.4, -0.2) is 23.4 Å². The molecule has 0 heterocycles. The van der Waals surface area contributed by atoms with E-state index in [9.17, 15) is 10.1 Å². The number of rotatable bonds is 6. The lowest BCUT2D eigenvalue weighted by Crippen LogP contribution is -2.18. The number of hydrogen-bond donors (Lipinski definition) is 0. The van der Waals surface area contributed by atoms with E-state index in [0.29, 0.717) is 6.54 Å². The van der Waals surface area contributed by atoms with Gasteiger partial charge >= 0.3 is 0 Å². The van der Waals surface area contributed by atoms with Gasteiger partial charge in [0.25, 0.3) is 5.69 Å². The van der Waals surface area contributed by atoms with Crippen molar-refractivity contribution in [2.24, 2.45) is 0 Å². The van der Waals surface area contributed by atoms with Gasteiger partial charge in [0.1, 0.15) is 0 Å². The molecule has 0 fully saturated rings. The quantitative estimate of drug-likeness (QED) is 0.406. The largest absolute Gasteiger partial charge is 0.298 e. The summed E-state index contributed by atoms with van der Waals surface area (Å²) in [6.07, 6.45) is 4.13. The molecule has 4 nitrogen and oxygen atoms in total. The number of likely N-dealkylation sites (N-methyl/N-ethyl adjacent to an activating group) is 1. The van der Waals surface area contributed by atoms with Gasteiger partial charge < -0.3 is 0 Å². The van der Waals surface area contributed by atoms with Crippen LogP contribution in [0, 0.1) is 13.7 Å². The monoisotopic (exact) mass is 408 g/mol. The summed E-state index contributed by atoms with van der Waals surface area (Å²) in [5.41, 5.74) is 2.06. The summed E-state index contributed by atoms with van der Waals surface area (Å²) in [7, 11) is 1.95. The first-order valence-corrected chi connectivity index (χ1v) is 7.97. The van der Waals surface area contributed by atoms with Gasteiger partial charge in [-0.1, -0.05) is 42.5 Å². The summed E-state index contributed by atoms with van der Waals surface area (Å²) in [4.78, 5) is 12.7. The second-order valence-electron chi connectivity index (χ2n) is 5.04. The normalized spacial score (nSPS) is 11.2. The third kappa shape index (κ3) is 4.92. The molecule has 2 aromatic carbocycles. The number of nitro benzene ring substituents is 1. The molecule has 0 N–H and O–H groups in total. The van der Waals surface area contributed by atoms with Crippen LogP contribution in [-0.2, 0) is 6.54 Å². The molecule has 22 heavy (non-hydrogen) atoms. The van der Waals surface area contributed by atoms with Gasteiger partial charge in [0.05, 0.1) is 4.92 Å². The SMILES string of the molecule is CN(C/C=C/c1ccc(I)cc1)Cc1ccccc1[N+](=O)[O-]. The minimum Gasteiger partial charge on any atom is -0.298 e. The minimum absolute atomic E-state index is 0.177. The fourth-order valence-electron chi connectivity index (χ4n) is 2.12. The van der Waals surface area contributed by atoms with Gasteiger partial charge in [0.15, 0.2) is 0 Å². The van der Waals surface area contributed by atoms with Gasteiger partial charge in [-0.05, 0) is 47.3 Å². The fraction of sp³-hybridized carbons (Fsp3) is 0.176. The summed E-state index contributed by atoms with van der Waals surface area (Å²) < 4.78 is 1.21. The molecule has 0 atom stereocenters. The van der Waals surface area contributed by atoms with Crippen molar-refractivity contribution in [3.63, 3.8) is 0 Å². The van der Waals surface area contributed by atoms with Crippen LogP contribution in [0.4, 0.5) is 5.69 Å². The third-order valence-corrected chi connectivity index (χ3v) is 3.95. The van der Waals surface area contributed by atoms with Crippen molar-refractivity contribution in [3.05, 3.63) is 79.4 Å². The summed E-state index contributed by atoms with van der Waals surface area (Å²) in [6.45, 7) is 1.28. The van der Waals surface area contributed by atoms with Crippen LogP contribution in [0.3, 0.4) is 0 Å². The molecular formula is C17H17IN2O2. The molecule has 0 unspecified atom stereocenters. The van der Waals surface area contributed by atoms with E-state index >= 15 is 0 Å². The van der Waals surface area contributed by atoms with Gasteiger partial charge in [-0.25, -0.2) is 0 Å². The Balaban J connectivity index is 1.94. The van der Waals surface area contributed by atoms with E-state index < -0.39 is 0 Å². The van der Waals surface area contributed by atoms with Crippen LogP contribution in [0.2, 0.25) is 0 Å². The topological polar surface area (TPSA) is 46.4 Å². The number of nitro groups is 1. The highest BCUT2D eigenvalue weighted by molar-refractivity contribution is 14.1. The van der Waals surface area contributed by atoms with Crippen molar-refractivity contribution in [3.8, 4) is 0 Å². The Morgan fingerprint density at radius 2 is 1.86 bits per heavy atom. The summed E-state index contributed by atoms with van der Waals surface area (Å²) in [6, 6.07) is 15.1. The summed E-state index contributed by atoms with van der Waals surface area (Å²) >= 11 is 2.28. The van der Waals surface area contributed by atoms with E-state index in [1.165, 1.54) is 3.57 Å². The van der Waals surface area contributed by atoms with Crippen LogP contribution in [0.1, 0.15) is 11.1 Å². The van der Waals surface area contributed by atoms with Crippen LogP contribution in [0.25, 0.3) is 6.08 Å². The zero-order chi connectivity index (χ0) is 15.9. The first kappa shape index (κ1) is 16.6. The molecule has 0 bridgehead atoms. The molecule has 2 aromatic rings. The zero-order valence-electron chi connectivity index (χ0n) is 12.3. The molecule has 0 aliphatic carbocycles. The van der Waals surface area contributed by atoms with Gasteiger partial charge in [0.2, 0.25) is 0 Å². The Labute approximate surface area is 143 Å². The Morgan fingerprint density at radius 1 is 1.18 bits per heavy atom. The molecule has 5 heteroatoms. The maximum Gasteiger partial charge on any atom is 0.273 e. The number of hydrogen-bond acceptors (Lipinski definition) is 3. The van der Waals surface area contributed by atoms with Gasteiger partial charge in [0, 0.05) is 28.3 Å². The molecule has 0 aromatic heterocycles. The highest BCUT2D eigenvalue weighted by atomic mass is 127. The minimum atomic E-state index is -0.329. The molecular weight excluding hydrogens is 391 g/mol. The molecule has 2 rings (SSSR count). The van der Waals surface area contributed by atoms with Gasteiger partial charge in [-0.2, -0.15) is 0 Å². The van der Waals surface area contributed by atoms with Crippen LogP contribution in [0.5, 0.6) is 0 Å². The Morgan fingerprint density at radius 3 is 2.55 bits per heavy atom. The van der Waals surface area contributed by atoms with E-state index in [-0.39, 0.29) is 10.6 Å². The highest BCUT2D eigenvalue weighted by Crippen LogP contribution is 2.19. The predicted octanol–water partition coefficient (Wildman–Crippen LogP) is 4.34. The molecule has 0 aliphatic rings. The zero-order valence-corrected chi connectivity index (χ0v) is 14.4. The second-order valence-corrected chi connectivity index (χ2v) is 6.28.